The van der Waals surface area contributed by atoms with Crippen molar-refractivity contribution < 1.29 is 18.0 Å². The van der Waals surface area contributed by atoms with Crippen LogP contribution in [0.15, 0.2) is 48.5 Å². The molecule has 0 unspecified atom stereocenters. The Balaban J connectivity index is 1.72. The number of nitrogens with one attached hydrogen (secondary N) is 1. The standard InChI is InChI=1S/C20H20F3N5O/c1-14(29)24-11-4-12-28-26-19(25-27-28)18-6-3-2-5-16(18)13-15-7-9-17(10-8-15)20(21,22)23/h2-3,5-10H,4,11-13H2,1H3,(H,24,29). The molecule has 29 heavy (non-hydrogen) atoms. The van der Waals surface area contributed by atoms with Gasteiger partial charge in [0.05, 0.1) is 12.1 Å². The van der Waals surface area contributed by atoms with Gasteiger partial charge in [0.1, 0.15) is 0 Å². The average Bonchev–Trinajstić information content (AvgIpc) is 3.14. The second-order valence-corrected chi connectivity index (χ2v) is 6.57. The van der Waals surface area contributed by atoms with Crippen LogP contribution in [0.2, 0.25) is 0 Å². The number of hydrogen-bond acceptors (Lipinski definition) is 4. The molecule has 0 spiro atoms. The molecule has 0 atom stereocenters. The molecule has 1 aromatic heterocycles. The van der Waals surface area contributed by atoms with Crippen LogP contribution in [-0.4, -0.2) is 32.7 Å². The van der Waals surface area contributed by atoms with Crippen molar-refractivity contribution in [3.63, 3.8) is 0 Å². The molecule has 6 nitrogen and oxygen atoms in total. The normalized spacial score (nSPS) is 11.4. The Morgan fingerprint density at radius 2 is 1.83 bits per heavy atom. The zero-order valence-corrected chi connectivity index (χ0v) is 15.8. The van der Waals surface area contributed by atoms with E-state index in [0.29, 0.717) is 31.8 Å². The van der Waals surface area contributed by atoms with Crippen LogP contribution in [0.25, 0.3) is 11.4 Å². The van der Waals surface area contributed by atoms with E-state index in [4.69, 9.17) is 0 Å². The van der Waals surface area contributed by atoms with Gasteiger partial charge in [-0.2, -0.15) is 18.0 Å². The summed E-state index contributed by atoms with van der Waals surface area (Å²) in [5.74, 6) is 0.362. The van der Waals surface area contributed by atoms with Crippen LogP contribution >= 0.6 is 0 Å². The van der Waals surface area contributed by atoms with E-state index in [9.17, 15) is 18.0 Å². The Labute approximate surface area is 165 Å². The number of aryl methyl sites for hydroxylation is 1. The molecule has 0 saturated heterocycles. The Morgan fingerprint density at radius 1 is 1.10 bits per heavy atom. The highest BCUT2D eigenvalue weighted by Gasteiger charge is 2.29. The monoisotopic (exact) mass is 403 g/mol. The first-order valence-corrected chi connectivity index (χ1v) is 9.09. The minimum atomic E-state index is -4.35. The summed E-state index contributed by atoms with van der Waals surface area (Å²) in [5, 5.41) is 15.2. The molecule has 1 N–H and O–H groups in total. The van der Waals surface area contributed by atoms with Crippen molar-refractivity contribution in [2.45, 2.75) is 32.5 Å². The van der Waals surface area contributed by atoms with E-state index in [1.54, 1.807) is 0 Å². The summed E-state index contributed by atoms with van der Waals surface area (Å²) < 4.78 is 38.2. The highest BCUT2D eigenvalue weighted by atomic mass is 19.4. The molecule has 0 radical (unpaired) electrons. The van der Waals surface area contributed by atoms with Crippen LogP contribution in [0.3, 0.4) is 0 Å². The topological polar surface area (TPSA) is 72.7 Å². The number of tetrazole rings is 1. The van der Waals surface area contributed by atoms with Crippen molar-refractivity contribution in [2.24, 2.45) is 0 Å². The Kier molecular flexibility index (Phi) is 6.26. The van der Waals surface area contributed by atoms with Crippen molar-refractivity contribution in [3.8, 4) is 11.4 Å². The van der Waals surface area contributed by atoms with Crippen LogP contribution < -0.4 is 5.32 Å². The average molecular weight is 403 g/mol. The highest BCUT2D eigenvalue weighted by molar-refractivity contribution is 5.72. The highest BCUT2D eigenvalue weighted by Crippen LogP contribution is 2.30. The van der Waals surface area contributed by atoms with Crippen LogP contribution in [0.5, 0.6) is 0 Å². The van der Waals surface area contributed by atoms with E-state index in [0.717, 1.165) is 28.8 Å². The van der Waals surface area contributed by atoms with Gasteiger partial charge in [0, 0.05) is 19.0 Å². The number of alkyl halides is 3. The number of aromatic nitrogens is 4. The van der Waals surface area contributed by atoms with Crippen molar-refractivity contribution in [2.75, 3.05) is 6.54 Å². The molecule has 0 saturated carbocycles. The summed E-state index contributed by atoms with van der Waals surface area (Å²) in [4.78, 5) is 12.3. The summed E-state index contributed by atoms with van der Waals surface area (Å²) in [6.07, 6.45) is -3.23. The fourth-order valence-corrected chi connectivity index (χ4v) is 2.85. The van der Waals surface area contributed by atoms with Gasteiger partial charge in [-0.1, -0.05) is 36.4 Å². The smallest absolute Gasteiger partial charge is 0.356 e. The van der Waals surface area contributed by atoms with Crippen molar-refractivity contribution >= 4 is 5.91 Å². The molecule has 3 aromatic rings. The summed E-state index contributed by atoms with van der Waals surface area (Å²) in [6.45, 7) is 2.49. The van der Waals surface area contributed by atoms with Crippen LogP contribution in [0, 0.1) is 0 Å². The van der Waals surface area contributed by atoms with Gasteiger partial charge in [-0.25, -0.2) is 0 Å². The summed E-state index contributed by atoms with van der Waals surface area (Å²) in [5.41, 5.74) is 1.76. The molecule has 1 amide bonds. The first-order valence-electron chi connectivity index (χ1n) is 9.09. The van der Waals surface area contributed by atoms with E-state index in [1.807, 2.05) is 24.3 Å². The van der Waals surface area contributed by atoms with Crippen molar-refractivity contribution in [1.82, 2.24) is 25.5 Å². The Bertz CT molecular complexity index is 967. The van der Waals surface area contributed by atoms with E-state index in [-0.39, 0.29) is 5.91 Å². The van der Waals surface area contributed by atoms with Crippen LogP contribution in [0.1, 0.15) is 30.0 Å². The van der Waals surface area contributed by atoms with Gasteiger partial charge in [-0.3, -0.25) is 4.79 Å². The van der Waals surface area contributed by atoms with Gasteiger partial charge in [0.15, 0.2) is 0 Å². The number of amides is 1. The minimum absolute atomic E-state index is 0.0885. The lowest BCUT2D eigenvalue weighted by Gasteiger charge is -2.09. The first-order chi connectivity index (χ1) is 13.8. The molecule has 3 rings (SSSR count). The van der Waals surface area contributed by atoms with Gasteiger partial charge < -0.3 is 5.32 Å². The third kappa shape index (κ3) is 5.63. The van der Waals surface area contributed by atoms with Crippen LogP contribution in [-0.2, 0) is 23.9 Å². The van der Waals surface area contributed by atoms with Gasteiger partial charge in [0.2, 0.25) is 11.7 Å². The zero-order valence-electron chi connectivity index (χ0n) is 15.8. The van der Waals surface area contributed by atoms with E-state index < -0.39 is 11.7 Å². The predicted molar refractivity (Wildman–Crippen MR) is 101 cm³/mol. The number of halogens is 3. The molecule has 1 heterocycles. The third-order valence-corrected chi connectivity index (χ3v) is 4.30. The molecule has 152 valence electrons. The quantitative estimate of drug-likeness (QED) is 0.613. The number of nitrogens with zero attached hydrogens (tertiary/aromatic N) is 4. The molecule has 0 aliphatic rings. The molecule has 2 aromatic carbocycles. The summed E-state index contributed by atoms with van der Waals surface area (Å²) in [6, 6.07) is 12.6. The maximum atomic E-state index is 12.7. The Morgan fingerprint density at radius 3 is 2.52 bits per heavy atom. The first kappa shape index (κ1) is 20.5. The molecular formula is C20H20F3N5O. The van der Waals surface area contributed by atoms with Gasteiger partial charge in [-0.15, -0.1) is 10.2 Å². The molecular weight excluding hydrogens is 383 g/mol. The van der Waals surface area contributed by atoms with E-state index in [1.165, 1.54) is 23.9 Å². The summed E-state index contributed by atoms with van der Waals surface area (Å²) in [7, 11) is 0. The molecule has 0 fully saturated rings. The number of carbonyl (C=O) groups is 1. The third-order valence-electron chi connectivity index (χ3n) is 4.30. The second kappa shape index (κ2) is 8.85. The number of rotatable bonds is 7. The molecule has 0 aliphatic carbocycles. The summed E-state index contributed by atoms with van der Waals surface area (Å²) >= 11 is 0. The predicted octanol–water partition coefficient (Wildman–Crippen LogP) is 3.48. The fourth-order valence-electron chi connectivity index (χ4n) is 2.85. The minimum Gasteiger partial charge on any atom is -0.356 e. The maximum Gasteiger partial charge on any atom is 0.416 e. The second-order valence-electron chi connectivity index (χ2n) is 6.57. The number of carbonyl (C=O) groups excluding carboxylic acids is 1. The zero-order chi connectivity index (χ0) is 20.9. The molecule has 0 aliphatic heterocycles. The largest absolute Gasteiger partial charge is 0.416 e. The lowest BCUT2D eigenvalue weighted by molar-refractivity contribution is -0.137. The maximum absolute atomic E-state index is 12.7. The lowest BCUT2D eigenvalue weighted by atomic mass is 9.98. The molecule has 9 heteroatoms. The Hall–Kier alpha value is -3.23. The van der Waals surface area contributed by atoms with E-state index in [2.05, 4.69) is 20.7 Å². The number of benzene rings is 2. The fraction of sp³-hybridized carbons (Fsp3) is 0.300. The van der Waals surface area contributed by atoms with Gasteiger partial charge in [-0.05, 0) is 41.3 Å². The lowest BCUT2D eigenvalue weighted by Crippen LogP contribution is -2.22. The van der Waals surface area contributed by atoms with Gasteiger partial charge in [0.25, 0.3) is 0 Å². The van der Waals surface area contributed by atoms with Crippen LogP contribution in [0.4, 0.5) is 13.2 Å². The van der Waals surface area contributed by atoms with Crippen molar-refractivity contribution in [1.29, 1.82) is 0 Å². The van der Waals surface area contributed by atoms with Crippen molar-refractivity contribution in [3.05, 3.63) is 65.2 Å². The SMILES string of the molecule is CC(=O)NCCCn1nnc(-c2ccccc2Cc2ccc(C(F)(F)F)cc2)n1. The molecule has 0 bridgehead atoms. The van der Waals surface area contributed by atoms with Gasteiger partial charge >= 0.3 is 6.18 Å². The number of hydrogen-bond donors (Lipinski definition) is 1. The van der Waals surface area contributed by atoms with E-state index >= 15 is 0 Å².